The first-order valence-electron chi connectivity index (χ1n) is 9.06. The highest BCUT2D eigenvalue weighted by molar-refractivity contribution is 7.17. The zero-order valence-corrected chi connectivity index (χ0v) is 17.0. The summed E-state index contributed by atoms with van der Waals surface area (Å²) in [5.74, 6) is 0.304. The molecule has 0 atom stereocenters. The van der Waals surface area contributed by atoms with E-state index in [4.69, 9.17) is 5.73 Å². The minimum absolute atomic E-state index is 0.0573. The van der Waals surface area contributed by atoms with Crippen molar-refractivity contribution in [3.8, 4) is 11.1 Å². The fraction of sp³-hybridized carbons (Fsp3) is 0.381. The van der Waals surface area contributed by atoms with Crippen molar-refractivity contribution in [2.24, 2.45) is 5.73 Å². The predicted octanol–water partition coefficient (Wildman–Crippen LogP) is 4.00. The predicted molar refractivity (Wildman–Crippen MR) is 111 cm³/mol. The maximum Gasteiger partial charge on any atom is 0.262 e. The van der Waals surface area contributed by atoms with Gasteiger partial charge in [-0.15, -0.1) is 11.3 Å². The number of amides is 1. The molecule has 0 spiro atoms. The number of nitrogens with two attached hydrogens (primary N) is 1. The van der Waals surface area contributed by atoms with E-state index in [0.29, 0.717) is 24.2 Å². The van der Waals surface area contributed by atoms with Gasteiger partial charge >= 0.3 is 0 Å². The van der Waals surface area contributed by atoms with Gasteiger partial charge in [-0.3, -0.25) is 14.2 Å². The zero-order chi connectivity index (χ0) is 19.8. The number of aryl methyl sites for hydroxylation is 1. The quantitative estimate of drug-likeness (QED) is 0.723. The molecule has 1 amide bonds. The fourth-order valence-corrected chi connectivity index (χ4v) is 4.15. The van der Waals surface area contributed by atoms with Crippen molar-refractivity contribution >= 4 is 27.5 Å². The zero-order valence-electron chi connectivity index (χ0n) is 16.2. The lowest BCUT2D eigenvalue weighted by molar-refractivity contribution is -0.118. The lowest BCUT2D eigenvalue weighted by Gasteiger charge is -2.19. The summed E-state index contributed by atoms with van der Waals surface area (Å²) in [7, 11) is 0. The van der Waals surface area contributed by atoms with Crippen LogP contribution in [0.4, 0.5) is 0 Å². The SMILES string of the molecule is Cc1nc2scc(-c3ccc(C(C)(C)C)cc3)c2c(=O)n1CCCC(N)=O. The molecule has 0 radical (unpaired) electrons. The molecule has 0 saturated heterocycles. The largest absolute Gasteiger partial charge is 0.370 e. The Morgan fingerprint density at radius 2 is 1.89 bits per heavy atom. The van der Waals surface area contributed by atoms with E-state index in [0.717, 1.165) is 16.0 Å². The van der Waals surface area contributed by atoms with Crippen LogP contribution in [0.3, 0.4) is 0 Å². The van der Waals surface area contributed by atoms with Gasteiger partial charge in [0.15, 0.2) is 0 Å². The van der Waals surface area contributed by atoms with Crippen LogP contribution in [0.5, 0.6) is 0 Å². The van der Waals surface area contributed by atoms with Crippen LogP contribution >= 0.6 is 11.3 Å². The molecule has 27 heavy (non-hydrogen) atoms. The fourth-order valence-electron chi connectivity index (χ4n) is 3.16. The van der Waals surface area contributed by atoms with Crippen LogP contribution in [0, 0.1) is 6.92 Å². The molecule has 6 heteroatoms. The summed E-state index contributed by atoms with van der Waals surface area (Å²) in [5, 5.41) is 2.64. The highest BCUT2D eigenvalue weighted by atomic mass is 32.1. The summed E-state index contributed by atoms with van der Waals surface area (Å²) in [6.07, 6.45) is 0.789. The molecule has 0 aliphatic heterocycles. The highest BCUT2D eigenvalue weighted by Crippen LogP contribution is 2.32. The lowest BCUT2D eigenvalue weighted by Crippen LogP contribution is -2.24. The molecule has 5 nitrogen and oxygen atoms in total. The average molecular weight is 384 g/mol. The Bertz CT molecular complexity index is 1040. The molecule has 2 aromatic heterocycles. The van der Waals surface area contributed by atoms with Gasteiger partial charge in [0.05, 0.1) is 5.39 Å². The van der Waals surface area contributed by atoms with Crippen LogP contribution in [0.1, 0.15) is 45.0 Å². The maximum atomic E-state index is 13.1. The van der Waals surface area contributed by atoms with Crippen molar-refractivity contribution < 1.29 is 4.79 Å². The van der Waals surface area contributed by atoms with Crippen LogP contribution in [0.25, 0.3) is 21.3 Å². The Morgan fingerprint density at radius 1 is 1.22 bits per heavy atom. The number of carbonyl (C=O) groups is 1. The van der Waals surface area contributed by atoms with Gasteiger partial charge in [-0.1, -0.05) is 45.0 Å². The maximum absolute atomic E-state index is 13.1. The number of hydrogen-bond donors (Lipinski definition) is 1. The monoisotopic (exact) mass is 383 g/mol. The van der Waals surface area contributed by atoms with E-state index >= 15 is 0 Å². The Labute approximate surface area is 162 Å². The van der Waals surface area contributed by atoms with E-state index < -0.39 is 0 Å². The average Bonchev–Trinajstić information content (AvgIpc) is 3.00. The van der Waals surface area contributed by atoms with E-state index in [9.17, 15) is 9.59 Å². The van der Waals surface area contributed by atoms with Gasteiger partial charge in [0.25, 0.3) is 5.56 Å². The minimum Gasteiger partial charge on any atom is -0.370 e. The van der Waals surface area contributed by atoms with Gasteiger partial charge < -0.3 is 5.73 Å². The van der Waals surface area contributed by atoms with Crippen molar-refractivity contribution in [2.45, 2.75) is 52.5 Å². The number of fused-ring (bicyclic) bond motifs is 1. The first-order chi connectivity index (χ1) is 12.7. The molecular formula is C21H25N3O2S. The molecule has 3 rings (SSSR count). The molecule has 0 unspecified atom stereocenters. The van der Waals surface area contributed by atoms with Crippen molar-refractivity contribution in [1.82, 2.24) is 9.55 Å². The van der Waals surface area contributed by atoms with Crippen molar-refractivity contribution in [3.05, 3.63) is 51.4 Å². The van der Waals surface area contributed by atoms with E-state index in [-0.39, 0.29) is 23.3 Å². The molecule has 2 N–H and O–H groups in total. The topological polar surface area (TPSA) is 78.0 Å². The Morgan fingerprint density at radius 3 is 2.48 bits per heavy atom. The summed E-state index contributed by atoms with van der Waals surface area (Å²) in [4.78, 5) is 29.5. The van der Waals surface area contributed by atoms with Gasteiger partial charge in [-0.25, -0.2) is 4.98 Å². The number of benzene rings is 1. The Kier molecular flexibility index (Phi) is 5.20. The molecule has 2 heterocycles. The number of hydrogen-bond acceptors (Lipinski definition) is 4. The third kappa shape index (κ3) is 3.95. The van der Waals surface area contributed by atoms with Gasteiger partial charge in [-0.2, -0.15) is 0 Å². The van der Waals surface area contributed by atoms with Crippen molar-refractivity contribution in [3.63, 3.8) is 0 Å². The number of carbonyl (C=O) groups excluding carboxylic acids is 1. The normalized spacial score (nSPS) is 11.9. The van der Waals surface area contributed by atoms with E-state index in [2.05, 4.69) is 50.0 Å². The van der Waals surface area contributed by atoms with Gasteiger partial charge in [0, 0.05) is 23.9 Å². The summed E-state index contributed by atoms with van der Waals surface area (Å²) < 4.78 is 1.64. The summed E-state index contributed by atoms with van der Waals surface area (Å²) >= 11 is 1.49. The second-order valence-corrected chi connectivity index (χ2v) is 8.70. The highest BCUT2D eigenvalue weighted by Gasteiger charge is 2.17. The number of primary amides is 1. The third-order valence-electron chi connectivity index (χ3n) is 4.75. The van der Waals surface area contributed by atoms with Crippen LogP contribution in [0.2, 0.25) is 0 Å². The summed E-state index contributed by atoms with van der Waals surface area (Å²) in [6, 6.07) is 8.37. The molecule has 1 aromatic carbocycles. The second kappa shape index (κ2) is 7.27. The van der Waals surface area contributed by atoms with E-state index in [1.165, 1.54) is 16.9 Å². The standard InChI is InChI=1S/C21H25N3O2S/c1-13-23-19-18(20(26)24(13)11-5-6-17(22)25)16(12-27-19)14-7-9-15(10-8-14)21(2,3)4/h7-10,12H,5-6,11H2,1-4H3,(H2,22,25). The number of rotatable bonds is 5. The summed E-state index contributed by atoms with van der Waals surface area (Å²) in [5.41, 5.74) is 8.42. The Balaban J connectivity index is 2.05. The third-order valence-corrected chi connectivity index (χ3v) is 5.62. The van der Waals surface area contributed by atoms with Gasteiger partial charge in [0.1, 0.15) is 10.7 Å². The van der Waals surface area contributed by atoms with Gasteiger partial charge in [-0.05, 0) is 29.9 Å². The molecule has 0 aliphatic carbocycles. The Hall–Kier alpha value is -2.47. The van der Waals surface area contributed by atoms with E-state index in [1.807, 2.05) is 12.3 Å². The van der Waals surface area contributed by atoms with Crippen LogP contribution in [-0.4, -0.2) is 15.5 Å². The molecule has 0 fully saturated rings. The molecule has 0 bridgehead atoms. The van der Waals surface area contributed by atoms with Crippen molar-refractivity contribution in [2.75, 3.05) is 0 Å². The number of aromatic nitrogens is 2. The molecule has 0 aliphatic rings. The smallest absolute Gasteiger partial charge is 0.262 e. The van der Waals surface area contributed by atoms with Gasteiger partial charge in [0.2, 0.25) is 5.91 Å². The first-order valence-corrected chi connectivity index (χ1v) is 9.94. The molecule has 142 valence electrons. The number of thiophene rings is 1. The first kappa shape index (κ1) is 19.3. The molecule has 0 saturated carbocycles. The molecular weight excluding hydrogens is 358 g/mol. The van der Waals surface area contributed by atoms with Crippen LogP contribution in [0.15, 0.2) is 34.4 Å². The molecule has 3 aromatic rings. The second-order valence-electron chi connectivity index (χ2n) is 7.84. The number of nitrogens with zero attached hydrogens (tertiary/aromatic N) is 2. The van der Waals surface area contributed by atoms with Crippen LogP contribution in [-0.2, 0) is 16.8 Å². The van der Waals surface area contributed by atoms with Crippen LogP contribution < -0.4 is 11.3 Å². The van der Waals surface area contributed by atoms with E-state index in [1.54, 1.807) is 4.57 Å². The minimum atomic E-state index is -0.357. The lowest BCUT2D eigenvalue weighted by atomic mass is 9.86. The summed E-state index contributed by atoms with van der Waals surface area (Å²) in [6.45, 7) is 8.80. The van der Waals surface area contributed by atoms with Crippen molar-refractivity contribution in [1.29, 1.82) is 0 Å².